The minimum Gasteiger partial charge on any atom is -0.496 e. The summed E-state index contributed by atoms with van der Waals surface area (Å²) in [6.45, 7) is 2.16. The molecule has 26 heavy (non-hydrogen) atoms. The van der Waals surface area contributed by atoms with Crippen molar-refractivity contribution in [3.05, 3.63) is 47.0 Å². The van der Waals surface area contributed by atoms with Crippen LogP contribution in [0.15, 0.2) is 24.3 Å². The predicted molar refractivity (Wildman–Crippen MR) is 94.0 cm³/mol. The van der Waals surface area contributed by atoms with Crippen LogP contribution in [-0.4, -0.2) is 53.9 Å². The first-order valence-corrected chi connectivity index (χ1v) is 10.3. The van der Waals surface area contributed by atoms with E-state index in [1.54, 1.807) is 22.9 Å². The Morgan fingerprint density at radius 3 is 2.85 bits per heavy atom. The average molecular weight is 383 g/mol. The lowest BCUT2D eigenvalue weighted by molar-refractivity contribution is 0.190. The SMILES string of the molecule is COc1cccc(F)c1CN1CCn2nc([C@@H](O)CS(C)(=O)=O)cc2C1. The molecule has 1 aromatic heterocycles. The van der Waals surface area contributed by atoms with Crippen LogP contribution in [0.25, 0.3) is 0 Å². The van der Waals surface area contributed by atoms with E-state index in [0.29, 0.717) is 43.2 Å². The first kappa shape index (κ1) is 18.8. The molecule has 1 N–H and O–H groups in total. The van der Waals surface area contributed by atoms with Gasteiger partial charge in [-0.3, -0.25) is 9.58 Å². The molecule has 9 heteroatoms. The first-order valence-electron chi connectivity index (χ1n) is 8.23. The fourth-order valence-electron chi connectivity index (χ4n) is 3.12. The maximum absolute atomic E-state index is 14.1. The second-order valence-corrected chi connectivity index (χ2v) is 8.71. The van der Waals surface area contributed by atoms with Crippen LogP contribution < -0.4 is 4.74 Å². The number of halogens is 1. The molecule has 2 aromatic rings. The van der Waals surface area contributed by atoms with Crippen LogP contribution in [0.3, 0.4) is 0 Å². The summed E-state index contributed by atoms with van der Waals surface area (Å²) < 4.78 is 43.9. The average Bonchev–Trinajstić information content (AvgIpc) is 2.98. The number of hydrogen-bond donors (Lipinski definition) is 1. The number of ether oxygens (including phenoxy) is 1. The molecule has 0 radical (unpaired) electrons. The lowest BCUT2D eigenvalue weighted by Gasteiger charge is -2.28. The molecule has 0 bridgehead atoms. The largest absolute Gasteiger partial charge is 0.496 e. The van der Waals surface area contributed by atoms with E-state index in [1.807, 2.05) is 0 Å². The topological polar surface area (TPSA) is 84.7 Å². The molecule has 1 aliphatic rings. The number of fused-ring (bicyclic) bond motifs is 1. The molecule has 3 rings (SSSR count). The number of rotatable bonds is 6. The number of aliphatic hydroxyl groups excluding tert-OH is 1. The molecule has 1 aromatic carbocycles. The highest BCUT2D eigenvalue weighted by molar-refractivity contribution is 7.90. The smallest absolute Gasteiger partial charge is 0.150 e. The maximum Gasteiger partial charge on any atom is 0.150 e. The minimum absolute atomic E-state index is 0.312. The van der Waals surface area contributed by atoms with Crippen LogP contribution >= 0.6 is 0 Å². The number of aromatic nitrogens is 2. The number of methoxy groups -OCH3 is 1. The molecule has 1 atom stereocenters. The molecule has 0 amide bonds. The van der Waals surface area contributed by atoms with Crippen molar-refractivity contribution < 1.29 is 22.7 Å². The molecule has 0 fully saturated rings. The number of benzene rings is 1. The van der Waals surface area contributed by atoms with Gasteiger partial charge in [-0.05, 0) is 18.2 Å². The molecule has 142 valence electrons. The summed E-state index contributed by atoms with van der Waals surface area (Å²) in [6.07, 6.45) is -0.0707. The highest BCUT2D eigenvalue weighted by Gasteiger charge is 2.24. The Morgan fingerprint density at radius 2 is 2.15 bits per heavy atom. The third-order valence-corrected chi connectivity index (χ3v) is 5.30. The fraction of sp³-hybridized carbons (Fsp3) is 0.471. The van der Waals surface area contributed by atoms with Gasteiger partial charge in [0, 0.05) is 31.5 Å². The molecule has 7 nitrogen and oxygen atoms in total. The molecular formula is C17H22FN3O4S. The summed E-state index contributed by atoms with van der Waals surface area (Å²) in [5.41, 5.74) is 1.70. The van der Waals surface area contributed by atoms with Crippen molar-refractivity contribution in [2.24, 2.45) is 0 Å². The maximum atomic E-state index is 14.1. The lowest BCUT2D eigenvalue weighted by Crippen LogP contribution is -2.33. The van der Waals surface area contributed by atoms with E-state index < -0.39 is 15.9 Å². The summed E-state index contributed by atoms with van der Waals surface area (Å²) in [6, 6.07) is 6.46. The van der Waals surface area contributed by atoms with Crippen LogP contribution in [0, 0.1) is 5.82 Å². The van der Waals surface area contributed by atoms with Crippen molar-refractivity contribution in [3.63, 3.8) is 0 Å². The number of sulfone groups is 1. The van der Waals surface area contributed by atoms with Gasteiger partial charge in [-0.15, -0.1) is 0 Å². The van der Waals surface area contributed by atoms with Crippen molar-refractivity contribution in [1.82, 2.24) is 14.7 Å². The van der Waals surface area contributed by atoms with Crippen LogP contribution in [0.1, 0.15) is 23.1 Å². The van der Waals surface area contributed by atoms with E-state index in [2.05, 4.69) is 10.00 Å². The van der Waals surface area contributed by atoms with E-state index in [9.17, 15) is 17.9 Å². The predicted octanol–water partition coefficient (Wildman–Crippen LogP) is 1.12. The fourth-order valence-corrected chi connectivity index (χ4v) is 3.86. The van der Waals surface area contributed by atoms with Crippen molar-refractivity contribution in [2.45, 2.75) is 25.7 Å². The normalized spacial score (nSPS) is 16.3. The quantitative estimate of drug-likeness (QED) is 0.805. The van der Waals surface area contributed by atoms with Crippen LogP contribution in [-0.2, 0) is 29.5 Å². The Bertz CT molecular complexity index is 897. The van der Waals surface area contributed by atoms with E-state index in [0.717, 1.165) is 11.9 Å². The number of nitrogens with zero attached hydrogens (tertiary/aromatic N) is 3. The minimum atomic E-state index is -3.30. The van der Waals surface area contributed by atoms with Gasteiger partial charge in [-0.1, -0.05) is 6.07 Å². The van der Waals surface area contributed by atoms with Crippen molar-refractivity contribution >= 4 is 9.84 Å². The van der Waals surface area contributed by atoms with Crippen molar-refractivity contribution in [3.8, 4) is 5.75 Å². The molecule has 0 saturated heterocycles. The van der Waals surface area contributed by atoms with Gasteiger partial charge in [0.2, 0.25) is 0 Å². The van der Waals surface area contributed by atoms with E-state index in [-0.39, 0.29) is 11.6 Å². The summed E-state index contributed by atoms with van der Waals surface area (Å²) in [4.78, 5) is 2.06. The number of hydrogen-bond acceptors (Lipinski definition) is 6. The molecule has 0 aliphatic carbocycles. The monoisotopic (exact) mass is 383 g/mol. The van der Waals surface area contributed by atoms with Gasteiger partial charge >= 0.3 is 0 Å². The highest BCUT2D eigenvalue weighted by atomic mass is 32.2. The van der Waals surface area contributed by atoms with Crippen molar-refractivity contribution in [1.29, 1.82) is 0 Å². The van der Waals surface area contributed by atoms with E-state index in [4.69, 9.17) is 4.74 Å². The zero-order chi connectivity index (χ0) is 18.9. The van der Waals surface area contributed by atoms with Gasteiger partial charge in [0.05, 0.1) is 30.8 Å². The van der Waals surface area contributed by atoms with Gasteiger partial charge in [0.1, 0.15) is 27.5 Å². The van der Waals surface area contributed by atoms with Crippen molar-refractivity contribution in [2.75, 3.05) is 25.7 Å². The zero-order valence-electron chi connectivity index (χ0n) is 14.7. The standard InChI is InChI=1S/C17H22FN3O4S/c1-25-17-5-3-4-14(18)13(17)10-20-6-7-21-12(9-20)8-15(19-21)16(22)11-26(2,23)24/h3-5,8,16,22H,6-7,9-11H2,1-2H3/t16-/m0/s1. The lowest BCUT2D eigenvalue weighted by atomic mass is 10.1. The molecule has 0 unspecified atom stereocenters. The Balaban J connectivity index is 1.74. The third-order valence-electron chi connectivity index (χ3n) is 4.38. The summed E-state index contributed by atoms with van der Waals surface area (Å²) in [7, 11) is -1.79. The second-order valence-electron chi connectivity index (χ2n) is 6.52. The molecule has 0 spiro atoms. The molecular weight excluding hydrogens is 361 g/mol. The number of aliphatic hydroxyl groups is 1. The van der Waals surface area contributed by atoms with Crippen LogP contribution in [0.4, 0.5) is 4.39 Å². The van der Waals surface area contributed by atoms with Crippen LogP contribution in [0.2, 0.25) is 0 Å². The zero-order valence-corrected chi connectivity index (χ0v) is 15.5. The van der Waals surface area contributed by atoms with Gasteiger partial charge in [-0.2, -0.15) is 5.10 Å². The Hall–Kier alpha value is -1.97. The van der Waals surface area contributed by atoms with Gasteiger partial charge in [-0.25, -0.2) is 12.8 Å². The summed E-state index contributed by atoms with van der Waals surface area (Å²) in [5.74, 6) is -0.166. The van der Waals surface area contributed by atoms with Crippen LogP contribution in [0.5, 0.6) is 5.75 Å². The molecule has 2 heterocycles. The molecule has 1 aliphatic heterocycles. The summed E-state index contributed by atoms with van der Waals surface area (Å²) in [5, 5.41) is 14.4. The Kier molecular flexibility index (Phi) is 5.31. The Morgan fingerprint density at radius 1 is 1.38 bits per heavy atom. The third kappa shape index (κ3) is 4.22. The van der Waals surface area contributed by atoms with E-state index in [1.165, 1.54) is 13.2 Å². The first-order chi connectivity index (χ1) is 12.3. The van der Waals surface area contributed by atoms with Gasteiger partial charge < -0.3 is 9.84 Å². The second kappa shape index (κ2) is 7.34. The summed E-state index contributed by atoms with van der Waals surface area (Å²) >= 11 is 0. The van der Waals surface area contributed by atoms with Gasteiger partial charge in [0.25, 0.3) is 0 Å². The van der Waals surface area contributed by atoms with E-state index >= 15 is 0 Å². The molecule has 0 saturated carbocycles. The van der Waals surface area contributed by atoms with Gasteiger partial charge in [0.15, 0.2) is 0 Å². The Labute approximate surface area is 151 Å². The highest BCUT2D eigenvalue weighted by Crippen LogP contribution is 2.25.